The fraction of sp³-hybridized carbons (Fsp3) is 0.889. The first-order valence-corrected chi connectivity index (χ1v) is 6.37. The molecule has 12 heavy (non-hydrogen) atoms. The molecule has 0 heterocycles. The van der Waals surface area contributed by atoms with Crippen LogP contribution in [-0.4, -0.2) is 27.6 Å². The molecule has 0 bridgehead atoms. The first kappa shape index (κ1) is 10.1. The SMILES string of the molecule is C=S(=O)(CC(C)(C)CN)C1CC1. The van der Waals surface area contributed by atoms with E-state index in [4.69, 9.17) is 5.73 Å². The molecule has 1 fully saturated rings. The third kappa shape index (κ3) is 2.49. The molecule has 1 aliphatic carbocycles. The summed E-state index contributed by atoms with van der Waals surface area (Å²) >= 11 is 0. The van der Waals surface area contributed by atoms with Gasteiger partial charge in [0.1, 0.15) is 0 Å². The van der Waals surface area contributed by atoms with Crippen molar-refractivity contribution in [3.63, 3.8) is 0 Å². The van der Waals surface area contributed by atoms with E-state index in [-0.39, 0.29) is 5.41 Å². The largest absolute Gasteiger partial charge is 0.330 e. The number of rotatable bonds is 4. The van der Waals surface area contributed by atoms with Crippen LogP contribution in [0.3, 0.4) is 0 Å². The van der Waals surface area contributed by atoms with Crippen LogP contribution in [0.2, 0.25) is 0 Å². The molecule has 3 heteroatoms. The highest BCUT2D eigenvalue weighted by Crippen LogP contribution is 2.32. The minimum absolute atomic E-state index is 0.0125. The van der Waals surface area contributed by atoms with Gasteiger partial charge in [-0.05, 0) is 40.2 Å². The van der Waals surface area contributed by atoms with Crippen molar-refractivity contribution in [2.75, 3.05) is 12.3 Å². The summed E-state index contributed by atoms with van der Waals surface area (Å²) in [5, 5.41) is 0.392. The van der Waals surface area contributed by atoms with E-state index in [0.29, 0.717) is 17.5 Å². The zero-order valence-electron chi connectivity index (χ0n) is 8.01. The van der Waals surface area contributed by atoms with Gasteiger partial charge in [-0.2, -0.15) is 0 Å². The van der Waals surface area contributed by atoms with E-state index in [1.165, 1.54) is 0 Å². The van der Waals surface area contributed by atoms with Gasteiger partial charge < -0.3 is 5.73 Å². The highest BCUT2D eigenvalue weighted by molar-refractivity contribution is 8.01. The Bertz CT molecular complexity index is 250. The van der Waals surface area contributed by atoms with Gasteiger partial charge in [0.15, 0.2) is 0 Å². The van der Waals surface area contributed by atoms with Crippen LogP contribution in [0, 0.1) is 5.41 Å². The maximum absolute atomic E-state index is 12.0. The highest BCUT2D eigenvalue weighted by Gasteiger charge is 2.34. The molecule has 1 aliphatic rings. The standard InChI is InChI=1S/C9H19NOS/c1-9(2,6-10)7-12(3,11)8-4-5-8/h8H,3-7,10H2,1-2H3. The van der Waals surface area contributed by atoms with E-state index >= 15 is 0 Å². The Morgan fingerprint density at radius 1 is 1.58 bits per heavy atom. The average molecular weight is 189 g/mol. The fourth-order valence-corrected chi connectivity index (χ4v) is 4.01. The van der Waals surface area contributed by atoms with Gasteiger partial charge in [0.25, 0.3) is 0 Å². The molecule has 72 valence electrons. The summed E-state index contributed by atoms with van der Waals surface area (Å²) in [5.74, 6) is 4.52. The molecule has 0 spiro atoms. The smallest absolute Gasteiger partial charge is 0.0273 e. The van der Waals surface area contributed by atoms with Crippen LogP contribution < -0.4 is 5.73 Å². The van der Waals surface area contributed by atoms with Gasteiger partial charge in [-0.3, -0.25) is 4.21 Å². The second-order valence-corrected chi connectivity index (χ2v) is 7.28. The Hall–Kier alpha value is -0.0200. The van der Waals surface area contributed by atoms with Crippen LogP contribution in [0.1, 0.15) is 26.7 Å². The van der Waals surface area contributed by atoms with Gasteiger partial charge in [-0.25, -0.2) is 0 Å². The lowest BCUT2D eigenvalue weighted by Crippen LogP contribution is -2.33. The van der Waals surface area contributed by atoms with E-state index in [1.807, 2.05) is 0 Å². The Balaban J connectivity index is 2.60. The second-order valence-electron chi connectivity index (χ2n) is 4.58. The summed E-state index contributed by atoms with van der Waals surface area (Å²) < 4.78 is 12.0. The van der Waals surface area contributed by atoms with Crippen LogP contribution >= 0.6 is 0 Å². The maximum Gasteiger partial charge on any atom is 0.0273 e. The van der Waals surface area contributed by atoms with Gasteiger partial charge in [0.2, 0.25) is 0 Å². The highest BCUT2D eigenvalue weighted by atomic mass is 32.2. The summed E-state index contributed by atoms with van der Waals surface area (Å²) in [6.45, 7) is 4.70. The molecule has 0 aromatic carbocycles. The van der Waals surface area contributed by atoms with Crippen molar-refractivity contribution < 1.29 is 4.21 Å². The second kappa shape index (κ2) is 3.04. The van der Waals surface area contributed by atoms with Crippen LogP contribution in [-0.2, 0) is 9.52 Å². The van der Waals surface area contributed by atoms with Crippen molar-refractivity contribution in [1.29, 1.82) is 0 Å². The van der Waals surface area contributed by atoms with Crippen molar-refractivity contribution in [1.82, 2.24) is 0 Å². The average Bonchev–Trinajstić information content (AvgIpc) is 2.65. The molecule has 2 N–H and O–H groups in total. The number of nitrogens with two attached hydrogens (primary N) is 1. The molecule has 0 aromatic heterocycles. The summed E-state index contributed by atoms with van der Waals surface area (Å²) in [7, 11) is -1.84. The molecule has 0 saturated heterocycles. The predicted molar refractivity (Wildman–Crippen MR) is 56.0 cm³/mol. The van der Waals surface area contributed by atoms with E-state index in [1.54, 1.807) is 0 Å². The lowest BCUT2D eigenvalue weighted by atomic mass is 9.97. The van der Waals surface area contributed by atoms with E-state index in [9.17, 15) is 4.21 Å². The first-order valence-electron chi connectivity index (χ1n) is 4.41. The van der Waals surface area contributed by atoms with Crippen LogP contribution in [0.4, 0.5) is 0 Å². The molecular formula is C9H19NOS. The quantitative estimate of drug-likeness (QED) is 0.666. The zero-order chi connectivity index (χ0) is 9.41. The topological polar surface area (TPSA) is 43.1 Å². The van der Waals surface area contributed by atoms with Crippen molar-refractivity contribution >= 4 is 15.4 Å². The Kier molecular flexibility index (Phi) is 2.55. The fourth-order valence-electron chi connectivity index (χ4n) is 1.34. The molecule has 0 aromatic rings. The van der Waals surface area contributed by atoms with Crippen LogP contribution in [0.5, 0.6) is 0 Å². The minimum atomic E-state index is -1.84. The van der Waals surface area contributed by atoms with Gasteiger partial charge in [0, 0.05) is 11.0 Å². The van der Waals surface area contributed by atoms with Crippen LogP contribution in [0.15, 0.2) is 0 Å². The molecule has 2 nitrogen and oxygen atoms in total. The molecule has 1 unspecified atom stereocenters. The molecule has 0 aliphatic heterocycles. The molecular weight excluding hydrogens is 170 g/mol. The molecule has 1 atom stereocenters. The summed E-state index contributed by atoms with van der Waals surface area (Å²) in [6.07, 6.45) is 2.20. The van der Waals surface area contributed by atoms with E-state index < -0.39 is 9.52 Å². The molecule has 1 saturated carbocycles. The number of hydrogen-bond donors (Lipinski definition) is 1. The van der Waals surface area contributed by atoms with Crippen molar-refractivity contribution in [3.05, 3.63) is 0 Å². The minimum Gasteiger partial charge on any atom is -0.330 e. The third-order valence-electron chi connectivity index (χ3n) is 2.32. The lowest BCUT2D eigenvalue weighted by Gasteiger charge is -2.24. The summed E-state index contributed by atoms with van der Waals surface area (Å²) in [5.41, 5.74) is 5.57. The first-order chi connectivity index (χ1) is 5.37. The zero-order valence-corrected chi connectivity index (χ0v) is 8.82. The Labute approximate surface area is 75.5 Å². The van der Waals surface area contributed by atoms with Crippen molar-refractivity contribution in [2.24, 2.45) is 11.1 Å². The third-order valence-corrected chi connectivity index (χ3v) is 5.28. The van der Waals surface area contributed by atoms with Gasteiger partial charge in [0.05, 0.1) is 0 Å². The van der Waals surface area contributed by atoms with Gasteiger partial charge >= 0.3 is 0 Å². The van der Waals surface area contributed by atoms with E-state index in [2.05, 4.69) is 19.7 Å². The normalized spacial score (nSPS) is 23.6. The van der Waals surface area contributed by atoms with Gasteiger partial charge in [-0.15, -0.1) is 0 Å². The summed E-state index contributed by atoms with van der Waals surface area (Å²) in [6, 6.07) is 0. The summed E-state index contributed by atoms with van der Waals surface area (Å²) in [4.78, 5) is 0. The van der Waals surface area contributed by atoms with Crippen LogP contribution in [0.25, 0.3) is 0 Å². The van der Waals surface area contributed by atoms with Gasteiger partial charge in [-0.1, -0.05) is 13.8 Å². The monoisotopic (exact) mass is 189 g/mol. The molecule has 1 rings (SSSR count). The molecule has 0 radical (unpaired) electrons. The molecule has 0 amide bonds. The Morgan fingerprint density at radius 3 is 2.42 bits per heavy atom. The predicted octanol–water partition coefficient (Wildman–Crippen LogP) is 0.850. The lowest BCUT2D eigenvalue weighted by molar-refractivity contribution is 0.433. The van der Waals surface area contributed by atoms with Crippen molar-refractivity contribution in [3.8, 4) is 0 Å². The van der Waals surface area contributed by atoms with E-state index in [0.717, 1.165) is 12.8 Å². The number of hydrogen-bond acceptors (Lipinski definition) is 2. The Morgan fingerprint density at radius 2 is 2.08 bits per heavy atom. The van der Waals surface area contributed by atoms with Crippen molar-refractivity contribution in [2.45, 2.75) is 31.9 Å². The maximum atomic E-state index is 12.0.